The van der Waals surface area contributed by atoms with Crippen molar-refractivity contribution in [1.29, 1.82) is 0 Å². The van der Waals surface area contributed by atoms with Crippen molar-refractivity contribution in [3.05, 3.63) is 70.4 Å². The van der Waals surface area contributed by atoms with Gasteiger partial charge in [0.25, 0.3) is 11.5 Å². The third-order valence-electron chi connectivity index (χ3n) is 3.27. The Balaban J connectivity index is 1.86. The zero-order chi connectivity index (χ0) is 16.4. The number of nitrogens with one attached hydrogen (secondary N) is 2. The average Bonchev–Trinajstić information content (AvgIpc) is 2.89. The Bertz CT molecular complexity index is 915. The van der Waals surface area contributed by atoms with Crippen LogP contribution >= 0.6 is 0 Å². The SMILES string of the molecule is Cn1nc(C(=O)Nc2ccc(-c3ccccc3)cc2F)c(=O)[nH]1. The molecule has 1 aromatic heterocycles. The van der Waals surface area contributed by atoms with Gasteiger partial charge in [0.15, 0.2) is 0 Å². The lowest BCUT2D eigenvalue weighted by Gasteiger charge is -2.07. The molecular weight excluding hydrogens is 299 g/mol. The summed E-state index contributed by atoms with van der Waals surface area (Å²) in [7, 11) is 1.48. The number of amides is 1. The number of carbonyl (C=O) groups excluding carboxylic acids is 1. The summed E-state index contributed by atoms with van der Waals surface area (Å²) in [5.41, 5.74) is 0.590. The van der Waals surface area contributed by atoms with Crippen LogP contribution in [0.1, 0.15) is 10.5 Å². The standard InChI is InChI=1S/C16H13FN4O2/c1-21-19-14(16(23)20-21)15(22)18-13-8-7-11(9-12(13)17)10-5-3-2-4-6-10/h2-9H,1H3,(H,18,22)(H,20,23). The van der Waals surface area contributed by atoms with Gasteiger partial charge in [-0.15, -0.1) is 5.10 Å². The first-order valence-electron chi connectivity index (χ1n) is 6.84. The normalized spacial score (nSPS) is 10.5. The summed E-state index contributed by atoms with van der Waals surface area (Å²) in [6, 6.07) is 13.8. The number of benzene rings is 2. The van der Waals surface area contributed by atoms with Gasteiger partial charge in [-0.2, -0.15) is 0 Å². The molecule has 1 amide bonds. The number of aryl methyl sites for hydroxylation is 1. The van der Waals surface area contributed by atoms with E-state index in [2.05, 4.69) is 15.5 Å². The zero-order valence-corrected chi connectivity index (χ0v) is 12.2. The van der Waals surface area contributed by atoms with Crippen molar-refractivity contribution >= 4 is 11.6 Å². The molecule has 3 rings (SSSR count). The quantitative estimate of drug-likeness (QED) is 0.778. The molecule has 3 aromatic rings. The van der Waals surface area contributed by atoms with Crippen LogP contribution in [0.25, 0.3) is 11.1 Å². The Morgan fingerprint density at radius 2 is 1.91 bits per heavy atom. The molecule has 0 aliphatic carbocycles. The maximum absolute atomic E-state index is 14.2. The van der Waals surface area contributed by atoms with E-state index in [9.17, 15) is 14.0 Å². The number of nitrogens with zero attached hydrogens (tertiary/aromatic N) is 2. The molecule has 6 nitrogen and oxygen atoms in total. The van der Waals surface area contributed by atoms with Crippen molar-refractivity contribution in [3.8, 4) is 11.1 Å². The largest absolute Gasteiger partial charge is 0.318 e. The van der Waals surface area contributed by atoms with E-state index in [-0.39, 0.29) is 11.4 Å². The summed E-state index contributed by atoms with van der Waals surface area (Å²) in [6.07, 6.45) is 0. The molecule has 0 bridgehead atoms. The second-order valence-electron chi connectivity index (χ2n) is 4.93. The van der Waals surface area contributed by atoms with Gasteiger partial charge < -0.3 is 5.32 Å². The lowest BCUT2D eigenvalue weighted by molar-refractivity contribution is 0.102. The molecule has 23 heavy (non-hydrogen) atoms. The zero-order valence-electron chi connectivity index (χ0n) is 12.2. The van der Waals surface area contributed by atoms with Crippen LogP contribution in [0, 0.1) is 5.82 Å². The van der Waals surface area contributed by atoms with E-state index < -0.39 is 17.3 Å². The number of carbonyl (C=O) groups is 1. The molecule has 0 aliphatic rings. The maximum Gasteiger partial charge on any atom is 0.297 e. The second kappa shape index (κ2) is 5.88. The smallest absolute Gasteiger partial charge is 0.297 e. The molecule has 0 spiro atoms. The van der Waals surface area contributed by atoms with Crippen LogP contribution in [0.2, 0.25) is 0 Å². The monoisotopic (exact) mass is 312 g/mol. The number of hydrogen-bond acceptors (Lipinski definition) is 3. The van der Waals surface area contributed by atoms with Crippen LogP contribution in [0.4, 0.5) is 10.1 Å². The molecular formula is C16H13FN4O2. The van der Waals surface area contributed by atoms with Crippen molar-refractivity contribution < 1.29 is 9.18 Å². The van der Waals surface area contributed by atoms with Crippen molar-refractivity contribution in [1.82, 2.24) is 15.0 Å². The first kappa shape index (κ1) is 14.7. The predicted octanol–water partition coefficient (Wildman–Crippen LogP) is 2.17. The molecule has 0 atom stereocenters. The van der Waals surface area contributed by atoms with E-state index in [1.165, 1.54) is 19.2 Å². The lowest BCUT2D eigenvalue weighted by Crippen LogP contribution is -2.21. The highest BCUT2D eigenvalue weighted by atomic mass is 19.1. The van der Waals surface area contributed by atoms with Crippen LogP contribution in [0.3, 0.4) is 0 Å². The van der Waals surface area contributed by atoms with Gasteiger partial charge in [-0.3, -0.25) is 9.59 Å². The molecule has 0 aliphatic heterocycles. The summed E-state index contributed by atoms with van der Waals surface area (Å²) >= 11 is 0. The van der Waals surface area contributed by atoms with Crippen LogP contribution in [-0.2, 0) is 7.05 Å². The number of anilines is 1. The number of aromatic amines is 1. The molecule has 2 N–H and O–H groups in total. The minimum absolute atomic E-state index is 0.0141. The Morgan fingerprint density at radius 1 is 1.17 bits per heavy atom. The summed E-state index contributed by atoms with van der Waals surface area (Å²) < 4.78 is 14.2. The average molecular weight is 312 g/mol. The highest BCUT2D eigenvalue weighted by Crippen LogP contribution is 2.24. The molecule has 0 radical (unpaired) electrons. The fourth-order valence-corrected chi connectivity index (χ4v) is 2.18. The van der Waals surface area contributed by atoms with E-state index >= 15 is 0 Å². The first-order valence-corrected chi connectivity index (χ1v) is 6.84. The molecule has 0 saturated carbocycles. The minimum atomic E-state index is -0.766. The van der Waals surface area contributed by atoms with Crippen LogP contribution < -0.4 is 10.9 Å². The van der Waals surface area contributed by atoms with E-state index in [0.29, 0.717) is 5.56 Å². The Hall–Kier alpha value is -3.22. The van der Waals surface area contributed by atoms with Crippen molar-refractivity contribution in [3.63, 3.8) is 0 Å². The number of halogens is 1. The number of H-pyrrole nitrogens is 1. The van der Waals surface area contributed by atoms with Gasteiger partial charge in [-0.05, 0) is 23.3 Å². The predicted molar refractivity (Wildman–Crippen MR) is 83.6 cm³/mol. The maximum atomic E-state index is 14.2. The van der Waals surface area contributed by atoms with Gasteiger partial charge in [0.05, 0.1) is 5.69 Å². The molecule has 0 fully saturated rings. The van der Waals surface area contributed by atoms with Crippen LogP contribution in [-0.4, -0.2) is 20.9 Å². The van der Waals surface area contributed by atoms with Crippen LogP contribution in [0.5, 0.6) is 0 Å². The van der Waals surface area contributed by atoms with Crippen molar-refractivity contribution in [2.45, 2.75) is 0 Å². The highest BCUT2D eigenvalue weighted by Gasteiger charge is 2.16. The molecule has 1 heterocycles. The minimum Gasteiger partial charge on any atom is -0.318 e. The van der Waals surface area contributed by atoms with Crippen molar-refractivity contribution in [2.75, 3.05) is 5.32 Å². The van der Waals surface area contributed by atoms with E-state index in [1.807, 2.05) is 30.3 Å². The topological polar surface area (TPSA) is 79.8 Å². The van der Waals surface area contributed by atoms with Gasteiger partial charge >= 0.3 is 0 Å². The fourth-order valence-electron chi connectivity index (χ4n) is 2.18. The van der Waals surface area contributed by atoms with Gasteiger partial charge in [0.1, 0.15) is 5.82 Å². The highest BCUT2D eigenvalue weighted by molar-refractivity contribution is 6.02. The number of aromatic nitrogens is 3. The Labute approximate surface area is 130 Å². The van der Waals surface area contributed by atoms with Gasteiger partial charge in [0.2, 0.25) is 5.69 Å². The number of rotatable bonds is 3. The van der Waals surface area contributed by atoms with E-state index in [1.54, 1.807) is 6.07 Å². The van der Waals surface area contributed by atoms with Crippen LogP contribution in [0.15, 0.2) is 53.3 Å². The lowest BCUT2D eigenvalue weighted by atomic mass is 10.1. The summed E-state index contributed by atoms with van der Waals surface area (Å²) in [6.45, 7) is 0. The van der Waals surface area contributed by atoms with E-state index in [4.69, 9.17) is 0 Å². The number of hydrogen-bond donors (Lipinski definition) is 2. The molecule has 0 unspecified atom stereocenters. The van der Waals surface area contributed by atoms with Gasteiger partial charge in [0, 0.05) is 7.05 Å². The molecule has 116 valence electrons. The van der Waals surface area contributed by atoms with Crippen molar-refractivity contribution in [2.24, 2.45) is 7.05 Å². The first-order chi connectivity index (χ1) is 11.0. The Morgan fingerprint density at radius 3 is 2.52 bits per heavy atom. The van der Waals surface area contributed by atoms with Gasteiger partial charge in [-0.25, -0.2) is 14.3 Å². The Kier molecular flexibility index (Phi) is 3.76. The third kappa shape index (κ3) is 3.03. The molecule has 7 heteroatoms. The van der Waals surface area contributed by atoms with E-state index in [0.717, 1.165) is 10.4 Å². The van der Waals surface area contributed by atoms with Gasteiger partial charge in [-0.1, -0.05) is 36.4 Å². The second-order valence-corrected chi connectivity index (χ2v) is 4.93. The summed E-state index contributed by atoms with van der Waals surface area (Å²) in [5.74, 6) is -1.36. The third-order valence-corrected chi connectivity index (χ3v) is 3.27. The summed E-state index contributed by atoms with van der Waals surface area (Å²) in [4.78, 5) is 24.6. The summed E-state index contributed by atoms with van der Waals surface area (Å²) in [5, 5.41) is 8.38. The molecule has 2 aromatic carbocycles. The fraction of sp³-hybridized carbons (Fsp3) is 0.0625. The molecule has 0 saturated heterocycles.